The summed E-state index contributed by atoms with van der Waals surface area (Å²) in [5.74, 6) is -0.821. The van der Waals surface area contributed by atoms with Crippen LogP contribution in [0, 0.1) is 5.41 Å². The third kappa shape index (κ3) is 3.58. The van der Waals surface area contributed by atoms with Crippen molar-refractivity contribution in [3.63, 3.8) is 0 Å². The Balaban J connectivity index is 3.25. The van der Waals surface area contributed by atoms with Crippen LogP contribution in [0.3, 0.4) is 0 Å². The Bertz CT molecular complexity index is 592. The third-order valence-electron chi connectivity index (χ3n) is 2.28. The molecule has 6 nitrogen and oxygen atoms in total. The maximum atomic E-state index is 13.7. The van der Waals surface area contributed by atoms with Crippen LogP contribution >= 0.6 is 0 Å². The van der Waals surface area contributed by atoms with Crippen molar-refractivity contribution in [1.82, 2.24) is 4.98 Å². The molecule has 0 spiro atoms. The quantitative estimate of drug-likeness (QED) is 0.281. The molecule has 0 radical (unpaired) electrons. The van der Waals surface area contributed by atoms with E-state index in [9.17, 15) is 4.39 Å². The highest BCUT2D eigenvalue weighted by Crippen LogP contribution is 2.26. The third-order valence-corrected chi connectivity index (χ3v) is 2.28. The van der Waals surface area contributed by atoms with Gasteiger partial charge in [0.15, 0.2) is 11.6 Å². The molecule has 20 heavy (non-hydrogen) atoms. The number of nitrogen functional groups attached to an aromatic ring is 2. The van der Waals surface area contributed by atoms with E-state index in [1.807, 2.05) is 0 Å². The van der Waals surface area contributed by atoms with Crippen molar-refractivity contribution in [1.29, 1.82) is 5.41 Å². The van der Waals surface area contributed by atoms with E-state index in [0.29, 0.717) is 0 Å². The van der Waals surface area contributed by atoms with E-state index in [4.69, 9.17) is 27.3 Å². The van der Waals surface area contributed by atoms with Crippen LogP contribution in [0.1, 0.15) is 12.5 Å². The zero-order valence-electron chi connectivity index (χ0n) is 10.9. The van der Waals surface area contributed by atoms with Crippen molar-refractivity contribution in [3.8, 4) is 5.75 Å². The first kappa shape index (κ1) is 15.2. The maximum absolute atomic E-state index is 13.7. The molecule has 0 atom stereocenters. The van der Waals surface area contributed by atoms with Gasteiger partial charge in [-0.1, -0.05) is 0 Å². The molecule has 0 amide bonds. The van der Waals surface area contributed by atoms with Crippen LogP contribution in [0.2, 0.25) is 0 Å². The number of hydrogen-bond donors (Lipinski definition) is 4. The lowest BCUT2D eigenvalue weighted by Gasteiger charge is -2.12. The van der Waals surface area contributed by atoms with Crippen LogP contribution in [-0.4, -0.2) is 10.8 Å². The van der Waals surface area contributed by atoms with Crippen molar-refractivity contribution in [3.05, 3.63) is 53.8 Å². The Labute approximate surface area is 115 Å². The van der Waals surface area contributed by atoms with Gasteiger partial charge in [0.1, 0.15) is 23.0 Å². The minimum atomic E-state index is -0.590. The first-order valence-corrected chi connectivity index (χ1v) is 5.68. The van der Waals surface area contributed by atoms with Gasteiger partial charge in [0.05, 0.1) is 0 Å². The molecule has 0 aliphatic carbocycles. The van der Waals surface area contributed by atoms with Crippen LogP contribution in [0.4, 0.5) is 10.2 Å². The monoisotopic (exact) mass is 277 g/mol. The van der Waals surface area contributed by atoms with Crippen molar-refractivity contribution < 1.29 is 9.13 Å². The van der Waals surface area contributed by atoms with E-state index in [0.717, 1.165) is 0 Å². The Morgan fingerprint density at radius 1 is 1.50 bits per heavy atom. The number of nitrogens with one attached hydrogen (secondary N) is 1. The van der Waals surface area contributed by atoms with Gasteiger partial charge < -0.3 is 21.9 Å². The Morgan fingerprint density at radius 3 is 2.75 bits per heavy atom. The fourth-order valence-electron chi connectivity index (χ4n) is 1.38. The predicted molar refractivity (Wildman–Crippen MR) is 76.6 cm³/mol. The molecule has 1 heterocycles. The molecule has 0 fully saturated rings. The minimum Gasteiger partial charge on any atom is -0.453 e. The van der Waals surface area contributed by atoms with E-state index in [-0.39, 0.29) is 28.7 Å². The summed E-state index contributed by atoms with van der Waals surface area (Å²) in [6.45, 7) is 1.52. The van der Waals surface area contributed by atoms with Gasteiger partial charge >= 0.3 is 0 Å². The standard InChI is InChI=1S/C13H16FN5O/c1-2-8(14)9(4-3-6-15)20-10-5-7-19-13(18)11(10)12(16)17/h2-7H,15H2,1H3,(H3,16,17)(H2,18,19)/b6-3+,8-2+,9-4+. The van der Waals surface area contributed by atoms with Gasteiger partial charge in [-0.05, 0) is 31.4 Å². The molecule has 0 bridgehead atoms. The van der Waals surface area contributed by atoms with Crippen molar-refractivity contribution >= 4 is 11.7 Å². The molecule has 1 rings (SSSR count). The molecule has 1 aromatic rings. The number of hydrogen-bond acceptors (Lipinski definition) is 5. The summed E-state index contributed by atoms with van der Waals surface area (Å²) in [6, 6.07) is 1.44. The Morgan fingerprint density at radius 2 is 2.20 bits per heavy atom. The average Bonchev–Trinajstić information content (AvgIpc) is 2.42. The minimum absolute atomic E-state index is 0.0320. The summed E-state index contributed by atoms with van der Waals surface area (Å²) in [6.07, 6.45) is 6.60. The number of nitrogens with zero attached hydrogens (tertiary/aromatic N) is 1. The molecular weight excluding hydrogens is 261 g/mol. The summed E-state index contributed by atoms with van der Waals surface area (Å²) < 4.78 is 19.1. The van der Waals surface area contributed by atoms with Crippen molar-refractivity contribution in [2.24, 2.45) is 11.5 Å². The maximum Gasteiger partial charge on any atom is 0.162 e. The summed E-state index contributed by atoms with van der Waals surface area (Å²) in [5.41, 5.74) is 16.4. The van der Waals surface area contributed by atoms with Crippen LogP contribution in [0.15, 0.2) is 48.3 Å². The Hall–Kier alpha value is -2.83. The molecule has 106 valence electrons. The fraction of sp³-hybridized carbons (Fsp3) is 0.0769. The summed E-state index contributed by atoms with van der Waals surface area (Å²) in [4.78, 5) is 3.81. The SMILES string of the molecule is C\C=C(F)/C(=C\C=C\N)Oc1ccnc(N)c1C(=N)N. The van der Waals surface area contributed by atoms with E-state index in [1.54, 1.807) is 0 Å². The molecule has 0 aliphatic rings. The number of allylic oxidation sites excluding steroid dienone is 4. The van der Waals surface area contributed by atoms with Crippen LogP contribution in [0.25, 0.3) is 0 Å². The van der Waals surface area contributed by atoms with E-state index < -0.39 is 5.83 Å². The lowest BCUT2D eigenvalue weighted by atomic mass is 10.2. The van der Waals surface area contributed by atoms with Gasteiger partial charge in [0, 0.05) is 12.3 Å². The fourth-order valence-corrected chi connectivity index (χ4v) is 1.38. The molecule has 0 saturated heterocycles. The molecule has 0 aromatic carbocycles. The highest BCUT2D eigenvalue weighted by atomic mass is 19.1. The predicted octanol–water partition coefficient (Wildman–Crippen LogP) is 1.56. The number of rotatable bonds is 5. The first-order valence-electron chi connectivity index (χ1n) is 5.68. The number of aromatic nitrogens is 1. The lowest BCUT2D eigenvalue weighted by molar-refractivity contribution is 0.402. The van der Waals surface area contributed by atoms with Gasteiger partial charge in [0.25, 0.3) is 0 Å². The second-order valence-corrected chi connectivity index (χ2v) is 3.64. The number of nitrogens with two attached hydrogens (primary N) is 3. The molecular formula is C13H16FN5O. The van der Waals surface area contributed by atoms with Crippen LogP contribution in [-0.2, 0) is 0 Å². The molecule has 1 aromatic heterocycles. The molecule has 0 aliphatic heterocycles. The lowest BCUT2D eigenvalue weighted by Crippen LogP contribution is -2.16. The Kier molecular flexibility index (Phi) is 5.28. The summed E-state index contributed by atoms with van der Waals surface area (Å²) >= 11 is 0. The second kappa shape index (κ2) is 6.93. The zero-order valence-corrected chi connectivity index (χ0v) is 10.9. The summed E-state index contributed by atoms with van der Waals surface area (Å²) in [7, 11) is 0. The number of halogens is 1. The number of pyridine rings is 1. The van der Waals surface area contributed by atoms with Gasteiger partial charge in [-0.15, -0.1) is 0 Å². The van der Waals surface area contributed by atoms with Gasteiger partial charge in [0.2, 0.25) is 0 Å². The highest BCUT2D eigenvalue weighted by Gasteiger charge is 2.15. The van der Waals surface area contributed by atoms with Gasteiger partial charge in [-0.25, -0.2) is 9.37 Å². The molecule has 0 saturated carbocycles. The van der Waals surface area contributed by atoms with Crippen molar-refractivity contribution in [2.75, 3.05) is 5.73 Å². The van der Waals surface area contributed by atoms with Gasteiger partial charge in [-0.3, -0.25) is 5.41 Å². The second-order valence-electron chi connectivity index (χ2n) is 3.64. The van der Waals surface area contributed by atoms with Crippen LogP contribution in [0.5, 0.6) is 5.75 Å². The number of amidine groups is 1. The van der Waals surface area contributed by atoms with E-state index >= 15 is 0 Å². The molecule has 7 N–H and O–H groups in total. The first-order chi connectivity index (χ1) is 9.51. The topological polar surface area (TPSA) is 124 Å². The van der Waals surface area contributed by atoms with Gasteiger partial charge in [-0.2, -0.15) is 0 Å². The largest absolute Gasteiger partial charge is 0.453 e. The van der Waals surface area contributed by atoms with Crippen LogP contribution < -0.4 is 21.9 Å². The van der Waals surface area contributed by atoms with Crippen molar-refractivity contribution in [2.45, 2.75) is 6.92 Å². The average molecular weight is 277 g/mol. The normalized spacial score (nSPS) is 12.7. The highest BCUT2D eigenvalue weighted by molar-refractivity contribution is 6.01. The zero-order chi connectivity index (χ0) is 15.1. The smallest absolute Gasteiger partial charge is 0.162 e. The summed E-state index contributed by atoms with van der Waals surface area (Å²) in [5, 5.41) is 7.47. The number of anilines is 1. The van der Waals surface area contributed by atoms with E-state index in [2.05, 4.69) is 4.98 Å². The molecule has 7 heteroatoms. The van der Waals surface area contributed by atoms with E-state index in [1.165, 1.54) is 43.6 Å². The molecule has 0 unspecified atom stereocenters. The number of ether oxygens (including phenoxy) is 1.